The van der Waals surface area contributed by atoms with Gasteiger partial charge in [-0.25, -0.2) is 9.79 Å². The minimum Gasteiger partial charge on any atom is -0.372 e. The van der Waals surface area contributed by atoms with Crippen LogP contribution in [0.1, 0.15) is 13.8 Å². The summed E-state index contributed by atoms with van der Waals surface area (Å²) in [6.07, 6.45) is 1.88. The van der Waals surface area contributed by atoms with E-state index in [9.17, 15) is 4.79 Å². The number of aliphatic imine (C=N–C) groups is 1. The van der Waals surface area contributed by atoms with Crippen molar-refractivity contribution in [2.24, 2.45) is 4.99 Å². The van der Waals surface area contributed by atoms with Crippen LogP contribution in [0, 0.1) is 0 Å². The Kier molecular flexibility index (Phi) is 4.24. The van der Waals surface area contributed by atoms with Gasteiger partial charge in [0.05, 0.1) is 18.1 Å². The summed E-state index contributed by atoms with van der Waals surface area (Å²) in [5, 5.41) is 2.83. The fraction of sp³-hybridized carbons (Fsp3) is 0.750. The fourth-order valence-corrected chi connectivity index (χ4v) is 1.67. The number of ether oxygens (including phenoxy) is 1. The number of nitrogens with zero attached hydrogens (tertiary/aromatic N) is 1. The fourth-order valence-electron chi connectivity index (χ4n) is 0.786. The molecule has 1 saturated heterocycles. The van der Waals surface area contributed by atoms with Crippen LogP contribution >= 0.6 is 11.8 Å². The molecule has 0 aromatic heterocycles. The number of carbonyl (C=O) groups is 1. The molecule has 0 radical (unpaired) electrons. The second kappa shape index (κ2) is 5.24. The lowest BCUT2D eigenvalue weighted by Gasteiger charge is -2.09. The van der Waals surface area contributed by atoms with E-state index in [1.54, 1.807) is 18.7 Å². The van der Waals surface area contributed by atoms with Gasteiger partial charge in [0.2, 0.25) is 0 Å². The largest absolute Gasteiger partial charge is 0.372 e. The van der Waals surface area contributed by atoms with E-state index in [4.69, 9.17) is 4.74 Å². The highest BCUT2D eigenvalue weighted by Crippen LogP contribution is 2.18. The first-order valence-corrected chi connectivity index (χ1v) is 5.29. The molecular formula is C8H14N2O2S. The number of epoxide rings is 1. The van der Waals surface area contributed by atoms with Gasteiger partial charge in [-0.05, 0) is 13.8 Å². The molecule has 0 saturated carbocycles. The van der Waals surface area contributed by atoms with Gasteiger partial charge in [0.25, 0.3) is 0 Å². The van der Waals surface area contributed by atoms with Crippen LogP contribution in [0.4, 0.5) is 4.79 Å². The van der Waals surface area contributed by atoms with Crippen molar-refractivity contribution < 1.29 is 9.53 Å². The van der Waals surface area contributed by atoms with Gasteiger partial charge in [0, 0.05) is 12.0 Å². The summed E-state index contributed by atoms with van der Waals surface area (Å²) in [4.78, 5) is 14.5. The Bertz CT molecular complexity index is 204. The zero-order valence-electron chi connectivity index (χ0n) is 7.82. The van der Waals surface area contributed by atoms with Gasteiger partial charge in [0.1, 0.15) is 0 Å². The van der Waals surface area contributed by atoms with E-state index in [1.807, 2.05) is 6.92 Å². The number of rotatable bonds is 4. The molecule has 4 nitrogen and oxygen atoms in total. The quantitative estimate of drug-likeness (QED) is 0.424. The smallest absolute Gasteiger partial charge is 0.341 e. The summed E-state index contributed by atoms with van der Waals surface area (Å²) in [7, 11) is 0. The molecule has 0 spiro atoms. The first-order valence-electron chi connectivity index (χ1n) is 4.24. The van der Waals surface area contributed by atoms with Crippen molar-refractivity contribution in [3.05, 3.63) is 0 Å². The lowest BCUT2D eigenvalue weighted by Crippen LogP contribution is -2.28. The van der Waals surface area contributed by atoms with Crippen LogP contribution in [-0.4, -0.2) is 36.1 Å². The topological polar surface area (TPSA) is 54.0 Å². The summed E-state index contributed by atoms with van der Waals surface area (Å²) in [5.74, 6) is 0.942. The Labute approximate surface area is 82.1 Å². The van der Waals surface area contributed by atoms with Gasteiger partial charge >= 0.3 is 6.03 Å². The molecule has 1 rings (SSSR count). The number of hydrogen-bond acceptors (Lipinski definition) is 3. The minimum absolute atomic E-state index is 0.0976. The molecule has 2 atom stereocenters. The molecular weight excluding hydrogens is 188 g/mol. The summed E-state index contributed by atoms with van der Waals surface area (Å²) in [6.45, 7) is 4.52. The van der Waals surface area contributed by atoms with Gasteiger partial charge < -0.3 is 10.1 Å². The van der Waals surface area contributed by atoms with Crippen molar-refractivity contribution in [3.8, 4) is 0 Å². The third-order valence-electron chi connectivity index (χ3n) is 1.51. The Balaban J connectivity index is 2.07. The molecule has 0 aromatic rings. The van der Waals surface area contributed by atoms with Gasteiger partial charge in [-0.1, -0.05) is 0 Å². The minimum atomic E-state index is -0.279. The Hall–Kier alpha value is -0.550. The summed E-state index contributed by atoms with van der Waals surface area (Å²) in [6, 6.07) is -0.279. The van der Waals surface area contributed by atoms with Gasteiger partial charge in [-0.3, -0.25) is 0 Å². The van der Waals surface area contributed by atoms with Gasteiger partial charge in [-0.15, -0.1) is 11.8 Å². The van der Waals surface area contributed by atoms with Crippen molar-refractivity contribution in [3.63, 3.8) is 0 Å². The molecule has 0 aromatic carbocycles. The van der Waals surface area contributed by atoms with Gasteiger partial charge in [-0.2, -0.15) is 0 Å². The van der Waals surface area contributed by atoms with E-state index in [0.717, 1.165) is 12.4 Å². The highest BCUT2D eigenvalue weighted by molar-refractivity contribution is 7.99. The molecule has 1 aliphatic rings. The monoisotopic (exact) mass is 202 g/mol. The standard InChI is InChI=1S/C8H14N2O2S/c1-3-9-8(11)10-6(2)13-5-7-4-12-7/h3,6-7H,4-5H2,1-2H3,(H,10,11). The number of thioether (sulfide) groups is 1. The maximum Gasteiger partial charge on any atom is 0.341 e. The van der Waals surface area contributed by atoms with E-state index in [1.165, 1.54) is 6.21 Å². The lowest BCUT2D eigenvalue weighted by molar-refractivity contribution is 0.249. The molecule has 2 unspecified atom stereocenters. The van der Waals surface area contributed by atoms with Crippen LogP contribution in [0.5, 0.6) is 0 Å². The van der Waals surface area contributed by atoms with E-state index >= 15 is 0 Å². The summed E-state index contributed by atoms with van der Waals surface area (Å²) >= 11 is 1.67. The van der Waals surface area contributed by atoms with E-state index < -0.39 is 0 Å². The second-order valence-corrected chi connectivity index (χ2v) is 4.14. The SMILES string of the molecule is CC=NC(=O)NC(C)SCC1CO1. The van der Waals surface area contributed by atoms with Gasteiger partial charge in [0.15, 0.2) is 0 Å². The molecule has 1 fully saturated rings. The normalized spacial score (nSPS) is 23.1. The molecule has 1 heterocycles. The van der Waals surface area contributed by atoms with Crippen molar-refractivity contribution in [2.75, 3.05) is 12.4 Å². The highest BCUT2D eigenvalue weighted by atomic mass is 32.2. The lowest BCUT2D eigenvalue weighted by atomic mass is 10.6. The molecule has 0 bridgehead atoms. The molecule has 74 valence electrons. The van der Waals surface area contributed by atoms with Crippen LogP contribution in [0.25, 0.3) is 0 Å². The van der Waals surface area contributed by atoms with Crippen LogP contribution < -0.4 is 5.32 Å². The molecule has 2 amide bonds. The Morgan fingerprint density at radius 1 is 1.92 bits per heavy atom. The Morgan fingerprint density at radius 3 is 3.15 bits per heavy atom. The predicted molar refractivity (Wildman–Crippen MR) is 54.4 cm³/mol. The zero-order valence-corrected chi connectivity index (χ0v) is 8.63. The maximum atomic E-state index is 11.0. The van der Waals surface area contributed by atoms with Crippen molar-refractivity contribution in [1.82, 2.24) is 5.32 Å². The Morgan fingerprint density at radius 2 is 2.62 bits per heavy atom. The number of carbonyl (C=O) groups excluding carboxylic acids is 1. The summed E-state index contributed by atoms with van der Waals surface area (Å²) < 4.78 is 5.05. The number of nitrogens with one attached hydrogen (secondary N) is 1. The molecule has 1 N–H and O–H groups in total. The van der Waals surface area contributed by atoms with E-state index in [-0.39, 0.29) is 11.4 Å². The zero-order chi connectivity index (χ0) is 9.68. The van der Waals surface area contributed by atoms with E-state index in [2.05, 4.69) is 10.3 Å². The van der Waals surface area contributed by atoms with Crippen LogP contribution in [0.2, 0.25) is 0 Å². The molecule has 13 heavy (non-hydrogen) atoms. The number of urea groups is 1. The highest BCUT2D eigenvalue weighted by Gasteiger charge is 2.23. The van der Waals surface area contributed by atoms with E-state index in [0.29, 0.717) is 6.10 Å². The third kappa shape index (κ3) is 4.90. The number of amides is 2. The van der Waals surface area contributed by atoms with Crippen LogP contribution in [0.15, 0.2) is 4.99 Å². The second-order valence-electron chi connectivity index (χ2n) is 2.77. The third-order valence-corrected chi connectivity index (χ3v) is 2.69. The van der Waals surface area contributed by atoms with Crippen molar-refractivity contribution >= 4 is 24.0 Å². The molecule has 1 aliphatic heterocycles. The van der Waals surface area contributed by atoms with Crippen LogP contribution in [-0.2, 0) is 4.74 Å². The first-order chi connectivity index (χ1) is 6.22. The van der Waals surface area contributed by atoms with Crippen LogP contribution in [0.3, 0.4) is 0 Å². The first kappa shape index (κ1) is 10.5. The molecule has 5 heteroatoms. The maximum absolute atomic E-state index is 11.0. The van der Waals surface area contributed by atoms with Crippen molar-refractivity contribution in [1.29, 1.82) is 0 Å². The summed E-state index contributed by atoms with van der Waals surface area (Å²) in [5.41, 5.74) is 0. The van der Waals surface area contributed by atoms with Crippen molar-refractivity contribution in [2.45, 2.75) is 25.3 Å². The molecule has 0 aliphatic carbocycles. The number of hydrogen-bond donors (Lipinski definition) is 1. The predicted octanol–water partition coefficient (Wildman–Crippen LogP) is 1.26. The average Bonchev–Trinajstić information content (AvgIpc) is 2.84. The average molecular weight is 202 g/mol.